The number of aliphatic imine (C=N–C) groups is 2. The number of aromatic nitrogens is 1. The van der Waals surface area contributed by atoms with Crippen molar-refractivity contribution in [3.63, 3.8) is 0 Å². The Bertz CT molecular complexity index is 1040. The first-order valence-corrected chi connectivity index (χ1v) is 9.72. The molecule has 1 atom stereocenters. The lowest BCUT2D eigenvalue weighted by Gasteiger charge is -2.27. The predicted molar refractivity (Wildman–Crippen MR) is 108 cm³/mol. The molecule has 2 aliphatic rings. The highest BCUT2D eigenvalue weighted by atomic mass is 32.2. The summed E-state index contributed by atoms with van der Waals surface area (Å²) >= 11 is 1.43. The van der Waals surface area contributed by atoms with Crippen molar-refractivity contribution in [3.8, 4) is 0 Å². The van der Waals surface area contributed by atoms with Crippen molar-refractivity contribution < 1.29 is 14.4 Å². The van der Waals surface area contributed by atoms with Gasteiger partial charge in [0.15, 0.2) is 0 Å². The summed E-state index contributed by atoms with van der Waals surface area (Å²) in [5, 5.41) is 3.81. The average Bonchev–Trinajstić information content (AvgIpc) is 3.12. The van der Waals surface area contributed by atoms with Gasteiger partial charge in [0.25, 0.3) is 0 Å². The Morgan fingerprint density at radius 2 is 2.14 bits per heavy atom. The Kier molecular flexibility index (Phi) is 5.07. The number of carbonyl (C=O) groups excluding carboxylic acids is 3. The molecule has 9 heteroatoms. The summed E-state index contributed by atoms with van der Waals surface area (Å²) in [4.78, 5) is 49.6. The van der Waals surface area contributed by atoms with Gasteiger partial charge in [-0.3, -0.25) is 14.5 Å². The highest BCUT2D eigenvalue weighted by Crippen LogP contribution is 2.27. The minimum absolute atomic E-state index is 0.0754. The smallest absolute Gasteiger partial charge is 0.352 e. The van der Waals surface area contributed by atoms with Gasteiger partial charge in [-0.1, -0.05) is 24.3 Å². The molecule has 2 N–H and O–H groups in total. The van der Waals surface area contributed by atoms with Gasteiger partial charge in [0.05, 0.1) is 5.75 Å². The Morgan fingerprint density at radius 1 is 1.29 bits per heavy atom. The molecule has 0 aliphatic carbocycles. The molecule has 1 unspecified atom stereocenters. The maximum atomic E-state index is 12.4. The number of rotatable bonds is 6. The van der Waals surface area contributed by atoms with Gasteiger partial charge in [-0.25, -0.2) is 9.79 Å². The molecule has 28 heavy (non-hydrogen) atoms. The standard InChI is InChI=1S/C19H17N5O3S/c25-16(11-28-15-10-22-14-6-2-1-4-12(14)15)20-8-9-24-18(26)13-5-3-7-21-17(13)23-19(24)27/h1-7,10,13,22H,8-9,11H2,(H,20,25). The zero-order valence-electron chi connectivity index (χ0n) is 14.8. The molecule has 0 bridgehead atoms. The van der Waals surface area contributed by atoms with Crippen molar-refractivity contribution in [2.45, 2.75) is 4.90 Å². The molecular weight excluding hydrogens is 378 g/mol. The van der Waals surface area contributed by atoms with Crippen molar-refractivity contribution in [2.75, 3.05) is 18.8 Å². The fourth-order valence-corrected chi connectivity index (χ4v) is 3.89. The highest BCUT2D eigenvalue weighted by molar-refractivity contribution is 8.00. The van der Waals surface area contributed by atoms with Gasteiger partial charge in [0.2, 0.25) is 11.8 Å². The number of imide groups is 1. The van der Waals surface area contributed by atoms with E-state index in [9.17, 15) is 14.4 Å². The molecule has 0 saturated carbocycles. The van der Waals surface area contributed by atoms with Gasteiger partial charge >= 0.3 is 6.03 Å². The van der Waals surface area contributed by atoms with Crippen molar-refractivity contribution in [2.24, 2.45) is 15.9 Å². The maximum Gasteiger partial charge on any atom is 0.352 e. The Morgan fingerprint density at radius 3 is 3.04 bits per heavy atom. The largest absolute Gasteiger partial charge is 0.360 e. The van der Waals surface area contributed by atoms with Crippen LogP contribution in [0.25, 0.3) is 10.9 Å². The maximum absolute atomic E-state index is 12.4. The molecule has 2 aliphatic heterocycles. The summed E-state index contributed by atoms with van der Waals surface area (Å²) in [5.74, 6) is -0.709. The first kappa shape index (κ1) is 18.2. The number of carbonyl (C=O) groups is 3. The Hall–Kier alpha value is -3.20. The molecule has 0 spiro atoms. The van der Waals surface area contributed by atoms with Crippen LogP contribution in [0.3, 0.4) is 0 Å². The van der Waals surface area contributed by atoms with Crippen LogP contribution >= 0.6 is 11.8 Å². The van der Waals surface area contributed by atoms with Crippen LogP contribution in [-0.2, 0) is 9.59 Å². The topological polar surface area (TPSA) is 107 Å². The second-order valence-corrected chi connectivity index (χ2v) is 7.24. The Labute approximate surface area is 164 Å². The molecular formula is C19H17N5O3S. The number of hydrogen-bond donors (Lipinski definition) is 2. The van der Waals surface area contributed by atoms with E-state index in [1.165, 1.54) is 18.0 Å². The number of nitrogens with one attached hydrogen (secondary N) is 2. The molecule has 4 amide bonds. The zero-order chi connectivity index (χ0) is 19.5. The normalized spacial score (nSPS) is 18.4. The summed E-state index contributed by atoms with van der Waals surface area (Å²) in [5.41, 5.74) is 1.02. The van der Waals surface area contributed by atoms with Gasteiger partial charge in [-0.05, 0) is 12.1 Å². The van der Waals surface area contributed by atoms with Crippen LogP contribution in [0.2, 0.25) is 0 Å². The Balaban J connectivity index is 1.28. The number of para-hydroxylation sites is 1. The number of thioether (sulfide) groups is 1. The first-order valence-electron chi connectivity index (χ1n) is 8.74. The lowest BCUT2D eigenvalue weighted by molar-refractivity contribution is -0.129. The lowest BCUT2D eigenvalue weighted by atomic mass is 10.0. The van der Waals surface area contributed by atoms with Crippen molar-refractivity contribution >= 4 is 52.6 Å². The molecule has 8 nitrogen and oxygen atoms in total. The number of hydrogen-bond acceptors (Lipinski definition) is 5. The van der Waals surface area contributed by atoms with Crippen molar-refractivity contribution in [3.05, 3.63) is 42.6 Å². The van der Waals surface area contributed by atoms with Crippen LogP contribution in [-0.4, -0.2) is 58.6 Å². The number of amides is 4. The van der Waals surface area contributed by atoms with E-state index in [0.717, 1.165) is 20.7 Å². The molecule has 142 valence electrons. The third kappa shape index (κ3) is 3.61. The molecule has 3 heterocycles. The number of amidine groups is 1. The molecule has 0 fully saturated rings. The van der Waals surface area contributed by atoms with E-state index in [1.54, 1.807) is 12.2 Å². The number of dihydropyridines is 1. The fraction of sp³-hybridized carbons (Fsp3) is 0.211. The zero-order valence-corrected chi connectivity index (χ0v) is 15.6. The van der Waals surface area contributed by atoms with Gasteiger partial charge < -0.3 is 10.3 Å². The van der Waals surface area contributed by atoms with Gasteiger partial charge in [0.1, 0.15) is 11.8 Å². The van der Waals surface area contributed by atoms with E-state index in [0.29, 0.717) is 0 Å². The summed E-state index contributed by atoms with van der Waals surface area (Å²) < 4.78 is 0. The number of nitrogens with zero attached hydrogens (tertiary/aromatic N) is 3. The van der Waals surface area contributed by atoms with Crippen molar-refractivity contribution in [1.82, 2.24) is 15.2 Å². The summed E-state index contributed by atoms with van der Waals surface area (Å²) in [7, 11) is 0. The second kappa shape index (κ2) is 7.81. The van der Waals surface area contributed by atoms with Crippen LogP contribution in [0.5, 0.6) is 0 Å². The summed E-state index contributed by atoms with van der Waals surface area (Å²) in [6.45, 7) is 0.251. The van der Waals surface area contributed by atoms with E-state index in [1.807, 2.05) is 30.5 Å². The monoisotopic (exact) mass is 395 g/mol. The van der Waals surface area contributed by atoms with Crippen LogP contribution in [0, 0.1) is 5.92 Å². The highest BCUT2D eigenvalue weighted by Gasteiger charge is 2.36. The third-order valence-electron chi connectivity index (χ3n) is 4.42. The molecule has 2 aromatic rings. The molecule has 1 aromatic carbocycles. The quantitative estimate of drug-likeness (QED) is 0.730. The minimum Gasteiger partial charge on any atom is -0.360 e. The fourth-order valence-electron chi connectivity index (χ4n) is 3.03. The van der Waals surface area contributed by atoms with Crippen LogP contribution in [0.4, 0.5) is 4.79 Å². The van der Waals surface area contributed by atoms with E-state index in [2.05, 4.69) is 20.3 Å². The lowest BCUT2D eigenvalue weighted by Crippen LogP contribution is -2.48. The summed E-state index contributed by atoms with van der Waals surface area (Å²) in [6, 6.07) is 7.23. The van der Waals surface area contributed by atoms with E-state index in [-0.39, 0.29) is 36.5 Å². The van der Waals surface area contributed by atoms with Gasteiger partial charge in [-0.2, -0.15) is 4.99 Å². The van der Waals surface area contributed by atoms with E-state index in [4.69, 9.17) is 0 Å². The van der Waals surface area contributed by atoms with Gasteiger partial charge in [0, 0.05) is 41.3 Å². The molecule has 0 radical (unpaired) electrons. The molecule has 4 rings (SSSR count). The second-order valence-electron chi connectivity index (χ2n) is 6.22. The third-order valence-corrected chi connectivity index (χ3v) is 5.47. The molecule has 0 saturated heterocycles. The number of allylic oxidation sites excluding steroid dienone is 1. The number of aromatic amines is 1. The number of H-pyrrole nitrogens is 1. The summed E-state index contributed by atoms with van der Waals surface area (Å²) in [6.07, 6.45) is 6.68. The molecule has 1 aromatic heterocycles. The number of benzene rings is 1. The van der Waals surface area contributed by atoms with Gasteiger partial charge in [-0.15, -0.1) is 11.8 Å². The van der Waals surface area contributed by atoms with E-state index >= 15 is 0 Å². The van der Waals surface area contributed by atoms with Crippen LogP contribution in [0.15, 0.2) is 57.5 Å². The van der Waals surface area contributed by atoms with Crippen LogP contribution in [0.1, 0.15) is 0 Å². The number of fused-ring (bicyclic) bond motifs is 2. The first-order chi connectivity index (χ1) is 13.6. The van der Waals surface area contributed by atoms with Crippen LogP contribution < -0.4 is 5.32 Å². The predicted octanol–water partition coefficient (Wildman–Crippen LogP) is 1.99. The average molecular weight is 395 g/mol. The SMILES string of the molecule is O=C(CSc1c[nH]c2ccccc12)NCCN1C(=O)N=C2N=CC=CC2C1=O. The minimum atomic E-state index is -0.647. The van der Waals surface area contributed by atoms with E-state index < -0.39 is 11.9 Å². The van der Waals surface area contributed by atoms with Crippen molar-refractivity contribution in [1.29, 1.82) is 0 Å². The number of urea groups is 1.